The summed E-state index contributed by atoms with van der Waals surface area (Å²) in [7, 11) is 0. The van der Waals surface area contributed by atoms with Crippen molar-refractivity contribution in [2.45, 2.75) is 348 Å². The average Bonchev–Trinajstić information content (AvgIpc) is 3.45. The number of hydrogen-bond acceptors (Lipinski definition) is 6. The summed E-state index contributed by atoms with van der Waals surface area (Å²) >= 11 is 0. The van der Waals surface area contributed by atoms with Crippen LogP contribution in [0.15, 0.2) is 85.1 Å². The van der Waals surface area contributed by atoms with Crippen LogP contribution in [0.4, 0.5) is 0 Å². The lowest BCUT2D eigenvalue weighted by molar-refractivity contribution is -0.167. The second kappa shape index (κ2) is 67.1. The first-order valence-electron chi connectivity index (χ1n) is 34.1. The van der Waals surface area contributed by atoms with Crippen LogP contribution >= 0.6 is 0 Å². The van der Waals surface area contributed by atoms with Gasteiger partial charge in [0.25, 0.3) is 0 Å². The molecule has 0 aliphatic carbocycles. The molecule has 0 N–H and O–H groups in total. The lowest BCUT2D eigenvalue weighted by Gasteiger charge is -2.18. The molecule has 0 bridgehead atoms. The molecule has 0 aliphatic rings. The highest BCUT2D eigenvalue weighted by molar-refractivity contribution is 5.71. The van der Waals surface area contributed by atoms with Gasteiger partial charge in [-0.3, -0.25) is 14.4 Å². The van der Waals surface area contributed by atoms with Gasteiger partial charge in [0, 0.05) is 19.3 Å². The van der Waals surface area contributed by atoms with E-state index in [9.17, 15) is 14.4 Å². The molecule has 0 rings (SSSR count). The molecule has 0 amide bonds. The summed E-state index contributed by atoms with van der Waals surface area (Å²) in [6.45, 7) is 6.54. The molecule has 0 aromatic carbocycles. The number of esters is 3. The lowest BCUT2D eigenvalue weighted by Crippen LogP contribution is -2.30. The first-order chi connectivity index (χ1) is 39.0. The summed E-state index contributed by atoms with van der Waals surface area (Å²) in [4.78, 5) is 38.2. The van der Waals surface area contributed by atoms with Gasteiger partial charge in [-0.2, -0.15) is 0 Å². The molecule has 6 heteroatoms. The van der Waals surface area contributed by atoms with E-state index in [1.165, 1.54) is 199 Å². The molecule has 0 spiro atoms. The van der Waals surface area contributed by atoms with E-state index in [4.69, 9.17) is 14.2 Å². The van der Waals surface area contributed by atoms with Gasteiger partial charge in [0.1, 0.15) is 13.2 Å². The van der Waals surface area contributed by atoms with Crippen molar-refractivity contribution in [3.63, 3.8) is 0 Å². The SMILES string of the molecule is CC/C=C\C/C=C\C/C=C\C/C=C\C/C=C\C/C=C\CCCCCCCCCCCCCCCCCCC(=O)OCC(COC(=O)CCCCCCCCCCCC)OC(=O)CCCCCCC/C=C\CCCCCCCCC. The van der Waals surface area contributed by atoms with Gasteiger partial charge < -0.3 is 14.2 Å². The monoisotopic (exact) mass is 1100 g/mol. The molecule has 1 atom stereocenters. The van der Waals surface area contributed by atoms with Gasteiger partial charge in [-0.25, -0.2) is 0 Å². The minimum absolute atomic E-state index is 0.0740. The zero-order valence-corrected chi connectivity index (χ0v) is 52.4. The third-order valence-corrected chi connectivity index (χ3v) is 14.9. The van der Waals surface area contributed by atoms with Crippen molar-refractivity contribution in [1.82, 2.24) is 0 Å². The number of rotatable bonds is 62. The van der Waals surface area contributed by atoms with E-state index in [1.54, 1.807) is 0 Å². The maximum absolute atomic E-state index is 12.9. The quantitative estimate of drug-likeness (QED) is 0.0261. The van der Waals surface area contributed by atoms with E-state index in [0.717, 1.165) is 103 Å². The zero-order chi connectivity index (χ0) is 57.1. The van der Waals surface area contributed by atoms with Gasteiger partial charge in [0.2, 0.25) is 0 Å². The van der Waals surface area contributed by atoms with Crippen LogP contribution < -0.4 is 0 Å². The molecule has 79 heavy (non-hydrogen) atoms. The van der Waals surface area contributed by atoms with Crippen LogP contribution in [0.5, 0.6) is 0 Å². The number of carbonyl (C=O) groups is 3. The van der Waals surface area contributed by atoms with E-state index in [1.807, 2.05) is 0 Å². The predicted octanol–water partition coefficient (Wildman–Crippen LogP) is 23.4. The normalized spacial score (nSPS) is 12.6. The van der Waals surface area contributed by atoms with Gasteiger partial charge in [0.15, 0.2) is 6.10 Å². The van der Waals surface area contributed by atoms with Crippen LogP contribution in [0, 0.1) is 0 Å². The average molecular weight is 1100 g/mol. The van der Waals surface area contributed by atoms with Crippen molar-refractivity contribution < 1.29 is 28.6 Å². The highest BCUT2D eigenvalue weighted by Gasteiger charge is 2.19. The van der Waals surface area contributed by atoms with Crippen LogP contribution in [0.1, 0.15) is 342 Å². The molecule has 0 heterocycles. The number of hydrogen-bond donors (Lipinski definition) is 0. The maximum Gasteiger partial charge on any atom is 0.306 e. The summed E-state index contributed by atoms with van der Waals surface area (Å²) in [6.07, 6.45) is 89.0. The van der Waals surface area contributed by atoms with E-state index < -0.39 is 6.10 Å². The summed E-state index contributed by atoms with van der Waals surface area (Å²) in [5.74, 6) is -0.868. The Labute approximate surface area is 490 Å². The first kappa shape index (κ1) is 75.6. The van der Waals surface area contributed by atoms with Gasteiger partial charge >= 0.3 is 17.9 Å². The van der Waals surface area contributed by atoms with Crippen LogP contribution in [0.25, 0.3) is 0 Å². The number of allylic oxidation sites excluding steroid dienone is 14. The summed E-state index contributed by atoms with van der Waals surface area (Å²) in [5, 5.41) is 0. The number of unbranched alkanes of at least 4 members (excludes halogenated alkanes) is 37. The zero-order valence-electron chi connectivity index (χ0n) is 52.4. The smallest absolute Gasteiger partial charge is 0.306 e. The largest absolute Gasteiger partial charge is 0.462 e. The van der Waals surface area contributed by atoms with Crippen molar-refractivity contribution in [1.29, 1.82) is 0 Å². The van der Waals surface area contributed by atoms with E-state index in [-0.39, 0.29) is 31.1 Å². The van der Waals surface area contributed by atoms with Crippen molar-refractivity contribution in [3.05, 3.63) is 85.1 Å². The Hall–Kier alpha value is -3.41. The minimum atomic E-state index is -0.776. The van der Waals surface area contributed by atoms with Crippen molar-refractivity contribution in [2.75, 3.05) is 13.2 Å². The first-order valence-corrected chi connectivity index (χ1v) is 34.1. The standard InChI is InChI=1S/C73H128O6/c1-4-7-10-13-16-19-22-24-26-28-29-30-31-32-33-34-35-36-37-38-39-40-41-42-43-44-45-46-48-49-51-54-57-60-63-66-72(75)78-69-70(68-77-71(74)65-62-59-56-53-21-18-15-12-9-6-3)79-73(76)67-64-61-58-55-52-50-47-27-25-23-20-17-14-11-8-5-2/h7,10,16,19,24,26-27,29-30,32-33,35-36,47,70H,4-6,8-9,11-15,17-18,20-23,25,28,31,34,37-46,48-69H2,1-3H3/b10-7-,19-16-,26-24-,30-29-,33-32-,36-35-,47-27-. The summed E-state index contributed by atoms with van der Waals surface area (Å²) in [6, 6.07) is 0. The molecule has 6 nitrogen and oxygen atoms in total. The second-order valence-corrected chi connectivity index (χ2v) is 22.7. The summed E-state index contributed by atoms with van der Waals surface area (Å²) < 4.78 is 16.9. The fraction of sp³-hybridized carbons (Fsp3) is 0.767. The van der Waals surface area contributed by atoms with E-state index in [2.05, 4.69) is 106 Å². The van der Waals surface area contributed by atoms with Gasteiger partial charge in [-0.1, -0.05) is 311 Å². The molecular formula is C73H128O6. The fourth-order valence-electron chi connectivity index (χ4n) is 9.80. The highest BCUT2D eigenvalue weighted by atomic mass is 16.6. The molecule has 0 radical (unpaired) electrons. The number of ether oxygens (including phenoxy) is 3. The predicted molar refractivity (Wildman–Crippen MR) is 344 cm³/mol. The lowest BCUT2D eigenvalue weighted by atomic mass is 10.0. The Balaban J connectivity index is 4.08. The Morgan fingerprint density at radius 2 is 0.494 bits per heavy atom. The fourth-order valence-corrected chi connectivity index (χ4v) is 9.80. The topological polar surface area (TPSA) is 78.9 Å². The van der Waals surface area contributed by atoms with Crippen LogP contribution in [0.2, 0.25) is 0 Å². The maximum atomic E-state index is 12.9. The number of carbonyl (C=O) groups excluding carboxylic acids is 3. The molecule has 0 fully saturated rings. The van der Waals surface area contributed by atoms with E-state index in [0.29, 0.717) is 19.3 Å². The Bertz CT molecular complexity index is 1500. The van der Waals surface area contributed by atoms with Crippen LogP contribution in [-0.2, 0) is 28.6 Å². The highest BCUT2D eigenvalue weighted by Crippen LogP contribution is 2.17. The molecule has 456 valence electrons. The molecule has 0 saturated carbocycles. The molecule has 0 aromatic rings. The van der Waals surface area contributed by atoms with Gasteiger partial charge in [0.05, 0.1) is 0 Å². The Kier molecular flexibility index (Phi) is 64.2. The Morgan fingerprint density at radius 1 is 0.266 bits per heavy atom. The van der Waals surface area contributed by atoms with Crippen LogP contribution in [-0.4, -0.2) is 37.2 Å². The van der Waals surface area contributed by atoms with E-state index >= 15 is 0 Å². The third kappa shape index (κ3) is 65.3. The van der Waals surface area contributed by atoms with Crippen molar-refractivity contribution in [3.8, 4) is 0 Å². The van der Waals surface area contributed by atoms with Crippen molar-refractivity contribution >= 4 is 17.9 Å². The second-order valence-electron chi connectivity index (χ2n) is 22.7. The summed E-state index contributed by atoms with van der Waals surface area (Å²) in [5.41, 5.74) is 0. The third-order valence-electron chi connectivity index (χ3n) is 14.9. The van der Waals surface area contributed by atoms with Crippen LogP contribution in [0.3, 0.4) is 0 Å². The molecular weight excluding hydrogens is 973 g/mol. The molecule has 0 saturated heterocycles. The molecule has 0 aromatic heterocycles. The van der Waals surface area contributed by atoms with Gasteiger partial charge in [-0.05, 0) is 96.3 Å². The minimum Gasteiger partial charge on any atom is -0.462 e. The molecule has 0 aliphatic heterocycles. The van der Waals surface area contributed by atoms with Gasteiger partial charge in [-0.15, -0.1) is 0 Å². The Morgan fingerprint density at radius 3 is 0.785 bits per heavy atom. The van der Waals surface area contributed by atoms with Crippen molar-refractivity contribution in [2.24, 2.45) is 0 Å². The molecule has 1 unspecified atom stereocenters.